The van der Waals surface area contributed by atoms with Crippen molar-refractivity contribution in [3.8, 4) is 11.1 Å². The molecular formula is C22H17Cl2NO3S. The van der Waals surface area contributed by atoms with Gasteiger partial charge in [0.1, 0.15) is 10.6 Å². The maximum absolute atomic E-state index is 12.4. The molecule has 1 amide bonds. The third kappa shape index (κ3) is 5.07. The molecule has 0 aliphatic carbocycles. The predicted molar refractivity (Wildman–Crippen MR) is 120 cm³/mol. The van der Waals surface area contributed by atoms with E-state index in [-0.39, 0.29) is 0 Å². The van der Waals surface area contributed by atoms with Gasteiger partial charge in [-0.25, -0.2) is 4.79 Å². The molecule has 0 atom stereocenters. The molecule has 7 heteroatoms. The van der Waals surface area contributed by atoms with Gasteiger partial charge in [-0.3, -0.25) is 4.79 Å². The van der Waals surface area contributed by atoms with Crippen molar-refractivity contribution in [3.63, 3.8) is 0 Å². The fraction of sp³-hybridized carbons (Fsp3) is 0.0909. The molecule has 0 unspecified atom stereocenters. The van der Waals surface area contributed by atoms with Crippen LogP contribution in [0.15, 0.2) is 53.9 Å². The summed E-state index contributed by atoms with van der Waals surface area (Å²) < 4.78 is 4.93. The number of nitrogens with one attached hydrogen (secondary N) is 1. The average molecular weight is 446 g/mol. The highest BCUT2D eigenvalue weighted by atomic mass is 35.5. The maximum Gasteiger partial charge on any atom is 0.341 e. The Balaban J connectivity index is 1.86. The van der Waals surface area contributed by atoms with Crippen LogP contribution in [0.1, 0.15) is 21.5 Å². The van der Waals surface area contributed by atoms with Gasteiger partial charge in [-0.05, 0) is 36.3 Å². The van der Waals surface area contributed by atoms with Crippen LogP contribution in [0.25, 0.3) is 17.2 Å². The second-order valence-corrected chi connectivity index (χ2v) is 7.92. The largest absolute Gasteiger partial charge is 0.465 e. The summed E-state index contributed by atoms with van der Waals surface area (Å²) in [6.07, 6.45) is 2.93. The summed E-state index contributed by atoms with van der Waals surface area (Å²) in [5.41, 5.74) is 3.68. The first-order valence-corrected chi connectivity index (χ1v) is 10.2. The number of methoxy groups -OCH3 is 1. The highest BCUT2D eigenvalue weighted by Crippen LogP contribution is 2.36. The van der Waals surface area contributed by atoms with Crippen LogP contribution in [0.5, 0.6) is 0 Å². The molecule has 148 valence electrons. The van der Waals surface area contributed by atoms with E-state index >= 15 is 0 Å². The summed E-state index contributed by atoms with van der Waals surface area (Å²) in [5.74, 6) is -0.902. The SMILES string of the molecule is COC(=O)c1c(-c2ccc(C)cc2)csc1NC(=O)C=Cc1ccc(Cl)cc1Cl. The first-order chi connectivity index (χ1) is 13.9. The number of rotatable bonds is 5. The lowest BCUT2D eigenvalue weighted by molar-refractivity contribution is -0.111. The van der Waals surface area contributed by atoms with Crippen molar-refractivity contribution < 1.29 is 14.3 Å². The monoisotopic (exact) mass is 445 g/mol. The van der Waals surface area contributed by atoms with Crippen LogP contribution < -0.4 is 5.32 Å². The van der Waals surface area contributed by atoms with E-state index < -0.39 is 11.9 Å². The van der Waals surface area contributed by atoms with Crippen LogP contribution in [0.4, 0.5) is 5.00 Å². The molecule has 0 saturated heterocycles. The van der Waals surface area contributed by atoms with Crippen LogP contribution in [-0.2, 0) is 9.53 Å². The second-order valence-electron chi connectivity index (χ2n) is 6.20. The van der Waals surface area contributed by atoms with E-state index in [1.807, 2.05) is 36.6 Å². The van der Waals surface area contributed by atoms with Gasteiger partial charge in [0.25, 0.3) is 0 Å². The summed E-state index contributed by atoms with van der Waals surface area (Å²) in [6, 6.07) is 12.8. The lowest BCUT2D eigenvalue weighted by Crippen LogP contribution is -2.11. The lowest BCUT2D eigenvalue weighted by Gasteiger charge is -2.07. The van der Waals surface area contributed by atoms with Gasteiger partial charge in [0, 0.05) is 27.1 Å². The van der Waals surface area contributed by atoms with Gasteiger partial charge in [-0.1, -0.05) is 59.1 Å². The molecule has 0 radical (unpaired) electrons. The van der Waals surface area contributed by atoms with E-state index in [4.69, 9.17) is 27.9 Å². The minimum Gasteiger partial charge on any atom is -0.465 e. The smallest absolute Gasteiger partial charge is 0.341 e. The molecule has 3 aromatic rings. The zero-order valence-corrected chi connectivity index (χ0v) is 18.0. The Morgan fingerprint density at radius 1 is 1.10 bits per heavy atom. The molecule has 1 N–H and O–H groups in total. The minimum atomic E-state index is -0.512. The number of carbonyl (C=O) groups excluding carboxylic acids is 2. The predicted octanol–water partition coefficient (Wildman–Crippen LogP) is 6.47. The van der Waals surface area contributed by atoms with Crippen LogP contribution in [-0.4, -0.2) is 19.0 Å². The van der Waals surface area contributed by atoms with Crippen molar-refractivity contribution in [3.05, 3.63) is 80.7 Å². The van der Waals surface area contributed by atoms with E-state index in [9.17, 15) is 9.59 Å². The van der Waals surface area contributed by atoms with Crippen molar-refractivity contribution in [2.24, 2.45) is 0 Å². The topological polar surface area (TPSA) is 55.4 Å². The second kappa shape index (κ2) is 9.27. The summed E-state index contributed by atoms with van der Waals surface area (Å²) in [6.45, 7) is 1.99. The van der Waals surface area contributed by atoms with Crippen molar-refractivity contribution in [2.45, 2.75) is 6.92 Å². The molecule has 3 rings (SSSR count). The fourth-order valence-electron chi connectivity index (χ4n) is 2.66. The van der Waals surface area contributed by atoms with Crippen LogP contribution in [0.2, 0.25) is 10.0 Å². The number of ether oxygens (including phenoxy) is 1. The van der Waals surface area contributed by atoms with E-state index in [2.05, 4.69) is 5.32 Å². The Morgan fingerprint density at radius 2 is 1.83 bits per heavy atom. The average Bonchev–Trinajstić information content (AvgIpc) is 3.10. The number of hydrogen-bond donors (Lipinski definition) is 1. The molecular weight excluding hydrogens is 429 g/mol. The fourth-order valence-corrected chi connectivity index (χ4v) is 4.09. The lowest BCUT2D eigenvalue weighted by atomic mass is 10.0. The number of aryl methyl sites for hydroxylation is 1. The first-order valence-electron chi connectivity index (χ1n) is 8.60. The van der Waals surface area contributed by atoms with E-state index in [0.29, 0.717) is 31.7 Å². The quantitative estimate of drug-likeness (QED) is 0.361. The molecule has 0 spiro atoms. The van der Waals surface area contributed by atoms with Gasteiger partial charge in [-0.2, -0.15) is 0 Å². The van der Waals surface area contributed by atoms with Gasteiger partial charge in [-0.15, -0.1) is 11.3 Å². The molecule has 0 fully saturated rings. The minimum absolute atomic E-state index is 0.327. The molecule has 0 bridgehead atoms. The van der Waals surface area contributed by atoms with Crippen molar-refractivity contribution in [1.29, 1.82) is 0 Å². The number of hydrogen-bond acceptors (Lipinski definition) is 4. The number of thiophene rings is 1. The third-order valence-corrected chi connectivity index (χ3v) is 5.61. The number of esters is 1. The Labute approximate surface area is 182 Å². The molecule has 0 aliphatic heterocycles. The third-order valence-electron chi connectivity index (χ3n) is 4.16. The molecule has 4 nitrogen and oxygen atoms in total. The first kappa shape index (κ1) is 21.1. The van der Waals surface area contributed by atoms with Crippen LogP contribution in [0.3, 0.4) is 0 Å². The van der Waals surface area contributed by atoms with Crippen LogP contribution in [0, 0.1) is 6.92 Å². The van der Waals surface area contributed by atoms with E-state index in [0.717, 1.165) is 11.1 Å². The highest BCUT2D eigenvalue weighted by molar-refractivity contribution is 7.15. The van der Waals surface area contributed by atoms with E-state index in [1.54, 1.807) is 24.3 Å². The number of amides is 1. The Kier molecular flexibility index (Phi) is 6.75. The zero-order valence-electron chi connectivity index (χ0n) is 15.7. The van der Waals surface area contributed by atoms with Crippen molar-refractivity contribution in [1.82, 2.24) is 0 Å². The number of halogens is 2. The Morgan fingerprint density at radius 3 is 2.48 bits per heavy atom. The van der Waals surface area contributed by atoms with Gasteiger partial charge >= 0.3 is 5.97 Å². The Hall–Kier alpha value is -2.60. The highest BCUT2D eigenvalue weighted by Gasteiger charge is 2.21. The summed E-state index contributed by atoms with van der Waals surface area (Å²) >= 11 is 13.3. The number of anilines is 1. The molecule has 29 heavy (non-hydrogen) atoms. The van der Waals surface area contributed by atoms with Crippen LogP contribution >= 0.6 is 34.5 Å². The molecule has 2 aromatic carbocycles. The van der Waals surface area contributed by atoms with Crippen molar-refractivity contribution in [2.75, 3.05) is 12.4 Å². The molecule has 0 aliphatic rings. The zero-order chi connectivity index (χ0) is 21.0. The normalized spacial score (nSPS) is 10.9. The summed E-state index contributed by atoms with van der Waals surface area (Å²) in [4.78, 5) is 24.8. The standard InChI is InChI=1S/C22H17Cl2NO3S/c1-13-3-5-14(6-4-13)17-12-29-21(20(17)22(27)28-2)25-19(26)10-8-15-7-9-16(23)11-18(15)24/h3-12H,1-2H3,(H,25,26). The van der Waals surface area contributed by atoms with Crippen molar-refractivity contribution >= 4 is 57.5 Å². The number of carbonyl (C=O) groups is 2. The summed E-state index contributed by atoms with van der Waals surface area (Å²) in [7, 11) is 1.31. The molecule has 1 heterocycles. The maximum atomic E-state index is 12.4. The van der Waals surface area contributed by atoms with E-state index in [1.165, 1.54) is 24.5 Å². The molecule has 1 aromatic heterocycles. The summed E-state index contributed by atoms with van der Waals surface area (Å²) in [5, 5.41) is 5.95. The molecule has 0 saturated carbocycles. The van der Waals surface area contributed by atoms with Gasteiger partial charge in [0.05, 0.1) is 7.11 Å². The van der Waals surface area contributed by atoms with Gasteiger partial charge < -0.3 is 10.1 Å². The number of benzene rings is 2. The Bertz CT molecular complexity index is 1090. The van der Waals surface area contributed by atoms with Gasteiger partial charge in [0.2, 0.25) is 5.91 Å². The van der Waals surface area contributed by atoms with Gasteiger partial charge in [0.15, 0.2) is 0 Å².